The fourth-order valence-electron chi connectivity index (χ4n) is 10.0. The molecule has 0 saturated carbocycles. The lowest BCUT2D eigenvalue weighted by Crippen LogP contribution is -2.30. The Morgan fingerprint density at radius 3 is 2.21 bits per heavy atom. The van der Waals surface area contributed by atoms with Gasteiger partial charge in [0.25, 0.3) is 20.2 Å². The van der Waals surface area contributed by atoms with Gasteiger partial charge in [0, 0.05) is 103 Å². The molecule has 392 valence electrons. The largest absolute Gasteiger partial charge is 0.748 e. The molecule has 0 aliphatic carbocycles. The number of aromatic nitrogens is 3. The summed E-state index contributed by atoms with van der Waals surface area (Å²) in [4.78, 5) is 13.3. The van der Waals surface area contributed by atoms with Crippen LogP contribution in [-0.2, 0) is 62.5 Å². The number of nitrogens with zero attached hydrogens (tertiary/aromatic N) is 6. The van der Waals surface area contributed by atoms with Crippen molar-refractivity contribution in [3.63, 3.8) is 0 Å². The number of benzene rings is 4. The lowest BCUT2D eigenvalue weighted by Gasteiger charge is -2.27. The number of anilines is 1. The van der Waals surface area contributed by atoms with Gasteiger partial charge in [-0.3, -0.25) is 18.6 Å². The Morgan fingerprint density at radius 2 is 1.53 bits per heavy atom. The zero-order valence-corrected chi connectivity index (χ0v) is 44.8. The minimum Gasteiger partial charge on any atom is -0.748 e. The number of carbonyl (C=O) groups excluding carboxylic acids is 1. The second-order valence-corrected chi connectivity index (χ2v) is 25.6. The van der Waals surface area contributed by atoms with Gasteiger partial charge in [0.05, 0.1) is 31.5 Å². The highest BCUT2D eigenvalue weighted by molar-refractivity contribution is 7.89. The quantitative estimate of drug-likeness (QED) is 0.0286. The predicted octanol–water partition coefficient (Wildman–Crippen LogP) is 6.59. The van der Waals surface area contributed by atoms with Crippen LogP contribution in [0.3, 0.4) is 0 Å². The molecule has 3 N–H and O–H groups in total. The smallest absolute Gasteiger partial charge is 0.295 e. The molecule has 73 heavy (non-hydrogen) atoms. The summed E-state index contributed by atoms with van der Waals surface area (Å²) >= 11 is 0. The molecule has 7 rings (SSSR count). The van der Waals surface area contributed by atoms with E-state index in [0.717, 1.165) is 41.6 Å². The maximum absolute atomic E-state index is 14.2. The van der Waals surface area contributed by atoms with Gasteiger partial charge in [0.2, 0.25) is 21.6 Å². The third-order valence-corrected chi connectivity index (χ3v) is 17.9. The Bertz CT molecular complexity index is 3550. The summed E-state index contributed by atoms with van der Waals surface area (Å²) < 4.78 is 139. The molecule has 2 aliphatic rings. The zero-order valence-electron chi connectivity index (χ0n) is 41.5. The van der Waals surface area contributed by atoms with Gasteiger partial charge in [-0.2, -0.15) is 21.4 Å². The first-order valence-electron chi connectivity index (χ1n) is 23.8. The Hall–Kier alpha value is -5.66. The third-order valence-electron chi connectivity index (χ3n) is 13.5. The van der Waals surface area contributed by atoms with Crippen molar-refractivity contribution in [1.82, 2.24) is 24.6 Å². The van der Waals surface area contributed by atoms with Crippen molar-refractivity contribution < 1.29 is 56.7 Å². The number of allylic oxidation sites excluding steroid dienone is 6. The molecule has 23 heteroatoms. The standard InChI is InChI=1S/C50H61N7O12S4/c1-7-8-29-56-41-24-22-37-39(33-35(72(64,65)66)34-43(37)73(67,68)69)48(41)50(4,5)45(56)19-11-9-10-18-44-49(2,3)47-38-16-12-17-42(36(38)21-23-40(47)57(44)30-15-32-70(59,60)61)71(62,63)54(6)27-13-20-46(58)51-25-14-28-55-31-26-52-53-55/h9-12,16-19,21-24,26,31,33-34H,7-8,13-15,20,25,27-30,32H2,1-6H3,(H3-,51,58,59,60,61,64,65,66,67,68,69). The van der Waals surface area contributed by atoms with Crippen molar-refractivity contribution in [2.45, 2.75) is 105 Å². The van der Waals surface area contributed by atoms with E-state index in [1.54, 1.807) is 41.3 Å². The Labute approximate surface area is 427 Å². The van der Waals surface area contributed by atoms with E-state index >= 15 is 0 Å². The van der Waals surface area contributed by atoms with Gasteiger partial charge in [-0.1, -0.05) is 68.8 Å². The number of hydrogen-bond donors (Lipinski definition) is 3. The first kappa shape index (κ1) is 55.1. The summed E-state index contributed by atoms with van der Waals surface area (Å²) in [6.45, 7) is 11.7. The first-order chi connectivity index (χ1) is 34.2. The highest BCUT2D eigenvalue weighted by Crippen LogP contribution is 2.52. The average molecular weight is 1080 g/mol. The van der Waals surface area contributed by atoms with Gasteiger partial charge in [-0.05, 0) is 85.9 Å². The summed E-state index contributed by atoms with van der Waals surface area (Å²) in [5.74, 6) is -0.777. The summed E-state index contributed by atoms with van der Waals surface area (Å²) in [6.07, 6.45) is 15.3. The number of rotatable bonds is 22. The van der Waals surface area contributed by atoms with Gasteiger partial charge in [0.15, 0.2) is 5.71 Å². The monoisotopic (exact) mass is 1080 g/mol. The Morgan fingerprint density at radius 1 is 0.808 bits per heavy atom. The maximum atomic E-state index is 14.2. The van der Waals surface area contributed by atoms with E-state index in [9.17, 15) is 52.1 Å². The van der Waals surface area contributed by atoms with Crippen LogP contribution in [0.15, 0.2) is 118 Å². The molecule has 0 unspecified atom stereocenters. The van der Waals surface area contributed by atoms with Gasteiger partial charge < -0.3 is 14.8 Å². The third kappa shape index (κ3) is 11.7. The van der Waals surface area contributed by atoms with Gasteiger partial charge in [-0.15, -0.1) is 5.10 Å². The summed E-state index contributed by atoms with van der Waals surface area (Å²) in [5, 5.41) is 12.0. The molecule has 1 aromatic heterocycles. The number of amides is 1. The summed E-state index contributed by atoms with van der Waals surface area (Å²) in [6, 6.07) is 13.8. The van der Waals surface area contributed by atoms with Gasteiger partial charge in [0.1, 0.15) is 11.4 Å². The fraction of sp³-hybridized carbons (Fsp3) is 0.400. The molecule has 19 nitrogen and oxygen atoms in total. The second-order valence-electron chi connectivity index (χ2n) is 19.2. The fourth-order valence-corrected chi connectivity index (χ4v) is 13.3. The number of carbonyl (C=O) groups is 1. The van der Waals surface area contributed by atoms with Crippen LogP contribution in [0.25, 0.3) is 21.5 Å². The molecule has 0 saturated heterocycles. The van der Waals surface area contributed by atoms with Crippen LogP contribution >= 0.6 is 0 Å². The number of sulfonamides is 1. The molecular weight excluding hydrogens is 1020 g/mol. The van der Waals surface area contributed by atoms with E-state index in [2.05, 4.69) is 20.2 Å². The molecule has 0 spiro atoms. The van der Waals surface area contributed by atoms with Crippen molar-refractivity contribution in [3.8, 4) is 0 Å². The lowest BCUT2D eigenvalue weighted by atomic mass is 9.79. The number of unbranched alkanes of at least 4 members (excludes halogenated alkanes) is 1. The van der Waals surface area contributed by atoms with E-state index in [0.29, 0.717) is 54.5 Å². The van der Waals surface area contributed by atoms with Crippen LogP contribution in [0.2, 0.25) is 0 Å². The van der Waals surface area contributed by atoms with Gasteiger partial charge >= 0.3 is 0 Å². The van der Waals surface area contributed by atoms with Crippen LogP contribution < -0.4 is 10.2 Å². The summed E-state index contributed by atoms with van der Waals surface area (Å²) in [5.41, 5.74) is 2.76. The van der Waals surface area contributed by atoms with E-state index < -0.39 is 66.8 Å². The highest BCUT2D eigenvalue weighted by Gasteiger charge is 2.46. The Balaban J connectivity index is 1.18. The molecule has 2 aliphatic heterocycles. The minimum atomic E-state index is -4.92. The Kier molecular flexibility index (Phi) is 16.1. The minimum absolute atomic E-state index is 0.0221. The van der Waals surface area contributed by atoms with Crippen LogP contribution in [-0.4, -0.2) is 122 Å². The normalized spacial score (nSPS) is 16.5. The topological polar surface area (TPSA) is 269 Å². The zero-order chi connectivity index (χ0) is 53.3. The van der Waals surface area contributed by atoms with E-state index in [1.807, 2.05) is 82.0 Å². The number of nitrogens with one attached hydrogen (secondary N) is 1. The van der Waals surface area contributed by atoms with Crippen LogP contribution in [0, 0.1) is 0 Å². The summed E-state index contributed by atoms with van der Waals surface area (Å²) in [7, 11) is -16.9. The van der Waals surface area contributed by atoms with Crippen molar-refractivity contribution in [1.29, 1.82) is 0 Å². The van der Waals surface area contributed by atoms with Crippen LogP contribution in [0.1, 0.15) is 84.3 Å². The molecule has 0 atom stereocenters. The average Bonchev–Trinajstić information content (AvgIpc) is 3.96. The highest BCUT2D eigenvalue weighted by atomic mass is 32.2. The molecule has 0 fully saturated rings. The molecule has 0 radical (unpaired) electrons. The van der Waals surface area contributed by atoms with Crippen molar-refractivity contribution >= 4 is 84.9 Å². The van der Waals surface area contributed by atoms with Gasteiger partial charge in [-0.25, -0.2) is 21.1 Å². The number of aryl methyl sites for hydroxylation is 1. The molecular formula is C50H61N7O12S4. The van der Waals surface area contributed by atoms with Crippen LogP contribution in [0.5, 0.6) is 0 Å². The second kappa shape index (κ2) is 21.3. The number of hydrogen-bond acceptors (Lipinski definition) is 13. The predicted molar refractivity (Wildman–Crippen MR) is 278 cm³/mol. The molecule has 0 bridgehead atoms. The van der Waals surface area contributed by atoms with Crippen molar-refractivity contribution in [2.75, 3.05) is 43.9 Å². The lowest BCUT2D eigenvalue weighted by molar-refractivity contribution is -0.438. The van der Waals surface area contributed by atoms with Crippen molar-refractivity contribution in [2.24, 2.45) is 0 Å². The van der Waals surface area contributed by atoms with Crippen molar-refractivity contribution in [3.05, 3.63) is 114 Å². The van der Waals surface area contributed by atoms with E-state index in [-0.39, 0.29) is 47.5 Å². The molecule has 1 amide bonds. The SMILES string of the molecule is CCCC[N+]1=C(C=CC=CC=C2N(CCCS(=O)(=O)[O-])c3ccc4c(S(=O)(=O)N(C)CCCC(=O)NCCCn5ccnn5)cccc4c3C2(C)C)C(C)(C)c2c1ccc1c(S(=O)(=O)O)cc(S(=O)(=O)O)cc21. The van der Waals surface area contributed by atoms with E-state index in [1.165, 1.54) is 23.5 Å². The first-order valence-corrected chi connectivity index (χ1v) is 29.7. The molecule has 4 aromatic carbocycles. The van der Waals surface area contributed by atoms with Crippen LogP contribution in [0.4, 0.5) is 11.4 Å². The van der Waals surface area contributed by atoms with E-state index in [4.69, 9.17) is 0 Å². The maximum Gasteiger partial charge on any atom is 0.295 e. The number of fused-ring (bicyclic) bond motifs is 6. The molecule has 5 aromatic rings. The molecule has 3 heterocycles.